The fraction of sp³-hybridized carbons (Fsp3) is 0.400. The van der Waals surface area contributed by atoms with Gasteiger partial charge in [0.05, 0.1) is 5.56 Å². The van der Waals surface area contributed by atoms with Gasteiger partial charge in [-0.1, -0.05) is 6.07 Å². The summed E-state index contributed by atoms with van der Waals surface area (Å²) in [5, 5.41) is 2.94. The van der Waals surface area contributed by atoms with Gasteiger partial charge in [0.25, 0.3) is 0 Å². The molecule has 0 heterocycles. The molecule has 0 radical (unpaired) electrons. The van der Waals surface area contributed by atoms with E-state index in [1.54, 1.807) is 17.8 Å². The Labute approximate surface area is 91.1 Å². The number of alkyl halides is 3. The van der Waals surface area contributed by atoms with Crippen LogP contribution in [0.25, 0.3) is 0 Å². The molecule has 0 aliphatic carbocycles. The van der Waals surface area contributed by atoms with Gasteiger partial charge in [-0.15, -0.1) is 0 Å². The molecule has 1 aromatic rings. The minimum atomic E-state index is -4.27. The molecule has 84 valence electrons. The SMILES string of the molecule is CSCCNc1cccc(C(F)(F)F)c1. The van der Waals surface area contributed by atoms with Crippen LogP contribution in [0, 0.1) is 0 Å². The van der Waals surface area contributed by atoms with Crippen molar-refractivity contribution in [1.82, 2.24) is 0 Å². The molecule has 0 spiro atoms. The number of halogens is 3. The minimum absolute atomic E-state index is 0.513. The highest BCUT2D eigenvalue weighted by Gasteiger charge is 2.30. The first-order chi connectivity index (χ1) is 7.04. The van der Waals surface area contributed by atoms with Crippen molar-refractivity contribution in [3.05, 3.63) is 29.8 Å². The van der Waals surface area contributed by atoms with E-state index in [9.17, 15) is 13.2 Å². The predicted molar refractivity (Wildman–Crippen MR) is 58.3 cm³/mol. The third-order valence-electron chi connectivity index (χ3n) is 1.83. The first-order valence-corrected chi connectivity index (χ1v) is 5.83. The van der Waals surface area contributed by atoms with E-state index in [2.05, 4.69) is 5.32 Å². The van der Waals surface area contributed by atoms with Gasteiger partial charge in [0.2, 0.25) is 0 Å². The van der Waals surface area contributed by atoms with Gasteiger partial charge >= 0.3 is 6.18 Å². The molecule has 0 atom stereocenters. The first-order valence-electron chi connectivity index (χ1n) is 4.44. The lowest BCUT2D eigenvalue weighted by Crippen LogP contribution is -2.07. The van der Waals surface area contributed by atoms with Gasteiger partial charge in [0.15, 0.2) is 0 Å². The summed E-state index contributed by atoms with van der Waals surface area (Å²) in [5.74, 6) is 0.871. The van der Waals surface area contributed by atoms with Crippen molar-refractivity contribution in [2.24, 2.45) is 0 Å². The number of benzene rings is 1. The van der Waals surface area contributed by atoms with Gasteiger partial charge in [-0.3, -0.25) is 0 Å². The maximum absolute atomic E-state index is 12.3. The molecule has 5 heteroatoms. The number of anilines is 1. The third kappa shape index (κ3) is 4.03. The highest BCUT2D eigenvalue weighted by Crippen LogP contribution is 2.30. The first kappa shape index (κ1) is 12.2. The highest BCUT2D eigenvalue weighted by atomic mass is 32.2. The molecular weight excluding hydrogens is 223 g/mol. The van der Waals surface area contributed by atoms with Crippen molar-refractivity contribution in [1.29, 1.82) is 0 Å². The number of thioether (sulfide) groups is 1. The predicted octanol–water partition coefficient (Wildman–Crippen LogP) is 3.48. The molecule has 0 amide bonds. The van der Waals surface area contributed by atoms with Crippen LogP contribution in [0.1, 0.15) is 5.56 Å². The number of rotatable bonds is 4. The van der Waals surface area contributed by atoms with Crippen LogP contribution in [0.15, 0.2) is 24.3 Å². The van der Waals surface area contributed by atoms with E-state index >= 15 is 0 Å². The van der Waals surface area contributed by atoms with Crippen molar-refractivity contribution in [2.75, 3.05) is 23.9 Å². The largest absolute Gasteiger partial charge is 0.416 e. The van der Waals surface area contributed by atoms with Crippen molar-refractivity contribution in [3.63, 3.8) is 0 Å². The van der Waals surface area contributed by atoms with Crippen LogP contribution in [0.2, 0.25) is 0 Å². The molecule has 0 aliphatic rings. The van der Waals surface area contributed by atoms with E-state index in [4.69, 9.17) is 0 Å². The zero-order chi connectivity index (χ0) is 11.3. The van der Waals surface area contributed by atoms with Crippen molar-refractivity contribution in [2.45, 2.75) is 6.18 Å². The van der Waals surface area contributed by atoms with Gasteiger partial charge in [-0.05, 0) is 24.5 Å². The third-order valence-corrected chi connectivity index (χ3v) is 2.44. The Morgan fingerprint density at radius 1 is 1.33 bits per heavy atom. The lowest BCUT2D eigenvalue weighted by molar-refractivity contribution is -0.137. The topological polar surface area (TPSA) is 12.0 Å². The van der Waals surface area contributed by atoms with Crippen LogP contribution >= 0.6 is 11.8 Å². The Hall–Kier alpha value is -0.840. The van der Waals surface area contributed by atoms with Crippen LogP contribution < -0.4 is 5.32 Å². The monoisotopic (exact) mass is 235 g/mol. The highest BCUT2D eigenvalue weighted by molar-refractivity contribution is 7.98. The summed E-state index contributed by atoms with van der Waals surface area (Å²) in [6.07, 6.45) is -2.31. The van der Waals surface area contributed by atoms with E-state index in [0.29, 0.717) is 12.2 Å². The van der Waals surface area contributed by atoms with E-state index in [1.165, 1.54) is 6.07 Å². The maximum Gasteiger partial charge on any atom is 0.416 e. The van der Waals surface area contributed by atoms with Crippen molar-refractivity contribution < 1.29 is 13.2 Å². The summed E-state index contributed by atoms with van der Waals surface area (Å²) in [5.41, 5.74) is -0.101. The Bertz CT molecular complexity index is 312. The zero-order valence-electron chi connectivity index (χ0n) is 8.27. The molecule has 1 N–H and O–H groups in total. The van der Waals surface area contributed by atoms with Gasteiger partial charge < -0.3 is 5.32 Å². The van der Waals surface area contributed by atoms with Crippen molar-refractivity contribution in [3.8, 4) is 0 Å². The van der Waals surface area contributed by atoms with Crippen LogP contribution in [0.4, 0.5) is 18.9 Å². The van der Waals surface area contributed by atoms with Gasteiger partial charge in [-0.25, -0.2) is 0 Å². The summed E-state index contributed by atoms with van der Waals surface area (Å²) in [6.45, 7) is 0.669. The Morgan fingerprint density at radius 3 is 2.67 bits per heavy atom. The molecule has 0 saturated carbocycles. The fourth-order valence-corrected chi connectivity index (χ4v) is 1.41. The lowest BCUT2D eigenvalue weighted by Gasteiger charge is -2.09. The van der Waals surface area contributed by atoms with Gasteiger partial charge in [0.1, 0.15) is 0 Å². The summed E-state index contributed by atoms with van der Waals surface area (Å²) in [7, 11) is 0. The molecule has 15 heavy (non-hydrogen) atoms. The number of hydrogen-bond acceptors (Lipinski definition) is 2. The Balaban J connectivity index is 2.66. The molecule has 1 aromatic carbocycles. The second-order valence-corrected chi connectivity index (χ2v) is 3.98. The maximum atomic E-state index is 12.3. The smallest absolute Gasteiger partial charge is 0.384 e. The second-order valence-electron chi connectivity index (χ2n) is 3.00. The van der Waals surface area contributed by atoms with E-state index in [0.717, 1.165) is 17.9 Å². The molecule has 0 fully saturated rings. The minimum Gasteiger partial charge on any atom is -0.384 e. The zero-order valence-corrected chi connectivity index (χ0v) is 9.08. The van der Waals surface area contributed by atoms with E-state index in [1.807, 2.05) is 6.26 Å². The number of hydrogen-bond donors (Lipinski definition) is 1. The van der Waals surface area contributed by atoms with Crippen LogP contribution in [0.5, 0.6) is 0 Å². The Kier molecular flexibility index (Phi) is 4.32. The molecule has 0 aliphatic heterocycles. The van der Waals surface area contributed by atoms with E-state index < -0.39 is 11.7 Å². The summed E-state index contributed by atoms with van der Waals surface area (Å²) in [6, 6.07) is 5.24. The fourth-order valence-electron chi connectivity index (χ4n) is 1.10. The standard InChI is InChI=1S/C10H12F3NS/c1-15-6-5-14-9-4-2-3-8(7-9)10(11,12)13/h2-4,7,14H,5-6H2,1H3. The average Bonchev–Trinajstić information content (AvgIpc) is 2.17. The summed E-state index contributed by atoms with van der Waals surface area (Å²) < 4.78 is 37.0. The summed E-state index contributed by atoms with van der Waals surface area (Å²) >= 11 is 1.65. The molecule has 0 bridgehead atoms. The lowest BCUT2D eigenvalue weighted by atomic mass is 10.2. The Morgan fingerprint density at radius 2 is 2.07 bits per heavy atom. The average molecular weight is 235 g/mol. The molecule has 0 aromatic heterocycles. The molecule has 0 saturated heterocycles. The normalized spacial score (nSPS) is 11.5. The molecule has 1 nitrogen and oxygen atoms in total. The quantitative estimate of drug-likeness (QED) is 0.802. The van der Waals surface area contributed by atoms with Gasteiger partial charge in [-0.2, -0.15) is 24.9 Å². The van der Waals surface area contributed by atoms with Crippen LogP contribution in [-0.2, 0) is 6.18 Å². The van der Waals surface area contributed by atoms with Crippen molar-refractivity contribution >= 4 is 17.4 Å². The molecular formula is C10H12F3NS. The number of nitrogens with one attached hydrogen (secondary N) is 1. The molecule has 1 rings (SSSR count). The van der Waals surface area contributed by atoms with Gasteiger partial charge in [0, 0.05) is 18.0 Å². The summed E-state index contributed by atoms with van der Waals surface area (Å²) in [4.78, 5) is 0. The van der Waals surface area contributed by atoms with Crippen LogP contribution in [-0.4, -0.2) is 18.6 Å². The molecule has 0 unspecified atom stereocenters. The van der Waals surface area contributed by atoms with E-state index in [-0.39, 0.29) is 0 Å². The van der Waals surface area contributed by atoms with Crippen LogP contribution in [0.3, 0.4) is 0 Å². The second kappa shape index (κ2) is 5.30.